The zero-order chi connectivity index (χ0) is 27.0. The van der Waals surface area contributed by atoms with Crippen molar-refractivity contribution in [3.63, 3.8) is 0 Å². The van der Waals surface area contributed by atoms with Crippen LogP contribution in [0.2, 0.25) is 0 Å². The fraction of sp³-hybridized carbons (Fsp3) is 0.276. The van der Waals surface area contributed by atoms with E-state index in [1.54, 1.807) is 35.0 Å². The number of rotatable bonds is 8. The Bertz CT molecular complexity index is 1520. The summed E-state index contributed by atoms with van der Waals surface area (Å²) in [5, 5.41) is 4.80. The number of pyridine rings is 1. The third-order valence-electron chi connectivity index (χ3n) is 6.94. The molecule has 5 rings (SSSR count). The molecule has 38 heavy (non-hydrogen) atoms. The number of fused-ring (bicyclic) bond motifs is 1. The Morgan fingerprint density at radius 2 is 1.82 bits per heavy atom. The molecule has 1 atom stereocenters. The highest BCUT2D eigenvalue weighted by atomic mass is 32.2. The van der Waals surface area contributed by atoms with Crippen LogP contribution in [-0.2, 0) is 13.0 Å². The fourth-order valence-electron chi connectivity index (χ4n) is 5.09. The smallest absolute Gasteiger partial charge is 0.260 e. The number of methoxy groups -OCH3 is 1. The molecule has 0 fully saturated rings. The van der Waals surface area contributed by atoms with Crippen molar-refractivity contribution in [2.24, 2.45) is 0 Å². The Morgan fingerprint density at radius 1 is 1.08 bits per heavy atom. The summed E-state index contributed by atoms with van der Waals surface area (Å²) in [7, 11) is 3.37. The number of thiophene rings is 1. The summed E-state index contributed by atoms with van der Waals surface area (Å²) in [6, 6.07) is 10.3. The Balaban J connectivity index is 1.66. The van der Waals surface area contributed by atoms with Gasteiger partial charge < -0.3 is 4.74 Å². The lowest BCUT2D eigenvalue weighted by Gasteiger charge is -2.24. The molecule has 1 unspecified atom stereocenters. The highest BCUT2D eigenvalue weighted by molar-refractivity contribution is 7.99. The molecule has 0 N–H and O–H groups in total. The summed E-state index contributed by atoms with van der Waals surface area (Å²) in [5.41, 5.74) is 2.22. The van der Waals surface area contributed by atoms with Crippen LogP contribution in [0.5, 0.6) is 5.75 Å². The molecule has 0 spiro atoms. The van der Waals surface area contributed by atoms with E-state index in [1.807, 2.05) is 12.4 Å². The predicted molar refractivity (Wildman–Crippen MR) is 147 cm³/mol. The van der Waals surface area contributed by atoms with E-state index in [4.69, 9.17) is 4.74 Å². The van der Waals surface area contributed by atoms with E-state index >= 15 is 4.39 Å². The monoisotopic (exact) mass is 556 g/mol. The van der Waals surface area contributed by atoms with Crippen LogP contribution in [0.25, 0.3) is 11.1 Å². The SMILES string of the molecule is COc1cccc(-c2c(C)c(Cc3c(F)cccc3F)c3n(c2=O)C(CN(C)Cc2ccsc2)CS3)c1F. The van der Waals surface area contributed by atoms with E-state index in [1.165, 1.54) is 48.7 Å². The zero-order valence-corrected chi connectivity index (χ0v) is 22.9. The molecule has 2 aromatic heterocycles. The molecule has 1 aliphatic heterocycles. The molecule has 9 heteroatoms. The summed E-state index contributed by atoms with van der Waals surface area (Å²) in [4.78, 5) is 16.2. The van der Waals surface area contributed by atoms with Crippen LogP contribution in [0, 0.1) is 24.4 Å². The van der Waals surface area contributed by atoms with Crippen LogP contribution in [0.4, 0.5) is 13.2 Å². The van der Waals surface area contributed by atoms with Gasteiger partial charge in [-0.15, -0.1) is 11.8 Å². The van der Waals surface area contributed by atoms with Gasteiger partial charge in [-0.2, -0.15) is 11.3 Å². The predicted octanol–water partition coefficient (Wildman–Crippen LogP) is 6.68. The normalized spacial score (nSPS) is 14.8. The highest BCUT2D eigenvalue weighted by Crippen LogP contribution is 2.41. The molecule has 4 nitrogen and oxygen atoms in total. The van der Waals surface area contributed by atoms with Crippen molar-refractivity contribution in [2.75, 3.05) is 26.5 Å². The van der Waals surface area contributed by atoms with E-state index in [0.29, 0.717) is 28.5 Å². The number of hydrogen-bond acceptors (Lipinski definition) is 5. The van der Waals surface area contributed by atoms with Crippen molar-refractivity contribution in [1.82, 2.24) is 9.47 Å². The number of aromatic nitrogens is 1. The average molecular weight is 557 g/mol. The molecule has 0 amide bonds. The topological polar surface area (TPSA) is 34.5 Å². The summed E-state index contributed by atoms with van der Waals surface area (Å²) >= 11 is 3.14. The molecule has 0 saturated heterocycles. The van der Waals surface area contributed by atoms with E-state index in [2.05, 4.69) is 16.3 Å². The van der Waals surface area contributed by atoms with Gasteiger partial charge in [-0.1, -0.05) is 18.2 Å². The molecule has 3 heterocycles. The third kappa shape index (κ3) is 4.90. The van der Waals surface area contributed by atoms with E-state index < -0.39 is 17.5 Å². The van der Waals surface area contributed by atoms with Gasteiger partial charge in [0.25, 0.3) is 5.56 Å². The first-order valence-electron chi connectivity index (χ1n) is 12.2. The van der Waals surface area contributed by atoms with Gasteiger partial charge in [-0.25, -0.2) is 13.2 Å². The molecule has 0 saturated carbocycles. The van der Waals surface area contributed by atoms with E-state index in [9.17, 15) is 13.6 Å². The van der Waals surface area contributed by atoms with Crippen molar-refractivity contribution in [3.8, 4) is 16.9 Å². The Kier molecular flexibility index (Phi) is 7.70. The second-order valence-corrected chi connectivity index (χ2v) is 11.2. The summed E-state index contributed by atoms with van der Waals surface area (Å²) in [6.45, 7) is 3.04. The average Bonchev–Trinajstić information content (AvgIpc) is 3.54. The van der Waals surface area contributed by atoms with Crippen molar-refractivity contribution in [3.05, 3.63) is 103 Å². The minimum Gasteiger partial charge on any atom is -0.494 e. The summed E-state index contributed by atoms with van der Waals surface area (Å²) in [5.74, 6) is -1.30. The molecule has 4 aromatic rings. The number of benzene rings is 2. The number of halogens is 3. The second kappa shape index (κ2) is 11.0. The maximum Gasteiger partial charge on any atom is 0.260 e. The van der Waals surface area contributed by atoms with Gasteiger partial charge >= 0.3 is 0 Å². The quantitative estimate of drug-likeness (QED) is 0.243. The maximum absolute atomic E-state index is 15.5. The second-order valence-electron chi connectivity index (χ2n) is 9.45. The van der Waals surface area contributed by atoms with Crippen LogP contribution < -0.4 is 10.3 Å². The molecule has 0 aliphatic carbocycles. The Hall–Kier alpha value is -3.01. The lowest BCUT2D eigenvalue weighted by atomic mass is 9.94. The first kappa shape index (κ1) is 26.6. The maximum atomic E-state index is 15.5. The van der Waals surface area contributed by atoms with Gasteiger partial charge in [-0.3, -0.25) is 14.3 Å². The first-order chi connectivity index (χ1) is 18.3. The van der Waals surface area contributed by atoms with Gasteiger partial charge in [0.15, 0.2) is 11.6 Å². The van der Waals surface area contributed by atoms with Crippen LogP contribution in [0.1, 0.15) is 28.3 Å². The summed E-state index contributed by atoms with van der Waals surface area (Å²) < 4.78 is 51.8. The van der Waals surface area contributed by atoms with Gasteiger partial charge in [0, 0.05) is 36.4 Å². The number of hydrogen-bond donors (Lipinski definition) is 0. The number of ether oxygens (including phenoxy) is 1. The minimum absolute atomic E-state index is 0.0231. The fourth-order valence-corrected chi connectivity index (χ4v) is 7.12. The molecular weight excluding hydrogens is 529 g/mol. The van der Waals surface area contributed by atoms with Gasteiger partial charge in [0.1, 0.15) is 11.6 Å². The zero-order valence-electron chi connectivity index (χ0n) is 21.3. The molecule has 2 aromatic carbocycles. The Labute approximate surface area is 227 Å². The lowest BCUT2D eigenvalue weighted by molar-refractivity contribution is 0.276. The van der Waals surface area contributed by atoms with Crippen molar-refractivity contribution in [2.45, 2.75) is 31.0 Å². The number of nitrogens with zero attached hydrogens (tertiary/aromatic N) is 2. The summed E-state index contributed by atoms with van der Waals surface area (Å²) in [6.07, 6.45) is -0.0526. The van der Waals surface area contributed by atoms with Gasteiger partial charge in [0.05, 0.1) is 23.7 Å². The molecular formula is C29H27F3N2O2S2. The van der Waals surface area contributed by atoms with Crippen molar-refractivity contribution in [1.29, 1.82) is 0 Å². The van der Waals surface area contributed by atoms with Gasteiger partial charge in [0.2, 0.25) is 0 Å². The number of thioether (sulfide) groups is 1. The largest absolute Gasteiger partial charge is 0.494 e. The van der Waals surface area contributed by atoms with Crippen LogP contribution in [-0.4, -0.2) is 35.9 Å². The van der Waals surface area contributed by atoms with Crippen molar-refractivity contribution < 1.29 is 17.9 Å². The number of likely N-dealkylation sites (N-methyl/N-ethyl adjacent to an activating group) is 1. The molecule has 198 valence electrons. The standard InChI is InChI=1S/C29H27F3N2O2S2/c1-17-21(12-22-23(30)7-5-8-24(22)31)29-34(19(16-38-29)14-33(2)13-18-10-11-37-15-18)28(35)26(17)20-6-4-9-25(36-3)27(20)32/h4-11,15,19H,12-14,16H2,1-3H3. The minimum atomic E-state index is -0.654. The van der Waals surface area contributed by atoms with E-state index in [0.717, 1.165) is 6.54 Å². The van der Waals surface area contributed by atoms with E-state index in [-0.39, 0.29) is 40.5 Å². The molecule has 0 bridgehead atoms. The Morgan fingerprint density at radius 3 is 2.50 bits per heavy atom. The highest BCUT2D eigenvalue weighted by Gasteiger charge is 2.32. The van der Waals surface area contributed by atoms with Crippen LogP contribution >= 0.6 is 23.1 Å². The van der Waals surface area contributed by atoms with Crippen LogP contribution in [0.3, 0.4) is 0 Å². The third-order valence-corrected chi connectivity index (χ3v) is 8.94. The van der Waals surface area contributed by atoms with Crippen molar-refractivity contribution >= 4 is 23.1 Å². The molecule has 1 aliphatic rings. The van der Waals surface area contributed by atoms with Gasteiger partial charge in [-0.05, 0) is 65.7 Å². The first-order valence-corrected chi connectivity index (χ1v) is 14.1. The molecule has 0 radical (unpaired) electrons. The lowest BCUT2D eigenvalue weighted by Crippen LogP contribution is -2.34. The van der Waals surface area contributed by atoms with Crippen LogP contribution in [0.15, 0.2) is 63.0 Å².